The summed E-state index contributed by atoms with van der Waals surface area (Å²) in [4.78, 5) is 76.7. The molecule has 1 aliphatic heterocycles. The number of terminal acetylenes is 1. The fraction of sp³-hybridized carbons (Fsp3) is 0.643. The number of hydrogen-bond acceptors (Lipinski definition) is 21. The number of esters is 5. The third-order valence-electron chi connectivity index (χ3n) is 21.0. The van der Waals surface area contributed by atoms with Gasteiger partial charge in [-0.15, -0.1) is 6.42 Å². The van der Waals surface area contributed by atoms with Gasteiger partial charge in [0, 0.05) is 66.0 Å². The van der Waals surface area contributed by atoms with Gasteiger partial charge < -0.3 is 52.5 Å². The molecular weight excluding hydrogens is 1260 g/mol. The summed E-state index contributed by atoms with van der Waals surface area (Å²) >= 11 is 11.2. The summed E-state index contributed by atoms with van der Waals surface area (Å²) in [7, 11) is 0. The molecule has 0 unspecified atom stereocenters. The molecule has 14 atom stereocenters. The van der Waals surface area contributed by atoms with Crippen LogP contribution < -0.4 is 10.1 Å². The lowest BCUT2D eigenvalue weighted by Crippen LogP contribution is -2.64. The van der Waals surface area contributed by atoms with Gasteiger partial charge in [-0.05, 0) is 171 Å². The van der Waals surface area contributed by atoms with Crippen molar-refractivity contribution in [3.8, 4) is 18.1 Å². The molecule has 0 spiro atoms. The van der Waals surface area contributed by atoms with Gasteiger partial charge in [0.15, 0.2) is 35.3 Å². The van der Waals surface area contributed by atoms with E-state index in [1.807, 2.05) is 20.0 Å². The van der Waals surface area contributed by atoms with Gasteiger partial charge in [-0.3, -0.25) is 23.4 Å². The summed E-state index contributed by atoms with van der Waals surface area (Å²) in [6.45, 7) is 20.4. The Hall–Kier alpha value is -5.69. The van der Waals surface area contributed by atoms with Crippen LogP contribution in [0.15, 0.2) is 66.5 Å². The summed E-state index contributed by atoms with van der Waals surface area (Å²) in [6, 6.07) is 5.05. The predicted octanol–water partition coefficient (Wildman–Crippen LogP) is 12.6. The van der Waals surface area contributed by atoms with Crippen LogP contribution >= 0.6 is 18.3 Å². The molecule has 7 aliphatic rings. The van der Waals surface area contributed by atoms with E-state index in [-0.39, 0.29) is 45.4 Å². The lowest BCUT2D eigenvalue weighted by atomic mass is 9.46. The Balaban J connectivity index is 0.000000197. The lowest BCUT2D eigenvalue weighted by Gasteiger charge is -2.58. The van der Waals surface area contributed by atoms with Gasteiger partial charge in [-0.25, -0.2) is 14.4 Å². The molecule has 23 heteroatoms. The molecular formula is C70H93ClNO19PS. The van der Waals surface area contributed by atoms with Crippen LogP contribution in [0.4, 0.5) is 0 Å². The second-order valence-electron chi connectivity index (χ2n) is 26.8. The Labute approximate surface area is 555 Å². The summed E-state index contributed by atoms with van der Waals surface area (Å²) in [5, 5.41) is 39.8. The average molecular weight is 1350 g/mol. The molecule has 93 heavy (non-hydrogen) atoms. The van der Waals surface area contributed by atoms with Crippen molar-refractivity contribution in [2.45, 2.75) is 240 Å². The number of hydrogen-bond donors (Lipinski definition) is 3. The van der Waals surface area contributed by atoms with E-state index >= 15 is 0 Å². The Morgan fingerprint density at radius 3 is 2.22 bits per heavy atom. The molecule has 1 saturated heterocycles. The van der Waals surface area contributed by atoms with E-state index < -0.39 is 101 Å². The fourth-order valence-corrected chi connectivity index (χ4v) is 18.2. The summed E-state index contributed by atoms with van der Waals surface area (Å²) in [6.07, 6.45) is 17.7. The van der Waals surface area contributed by atoms with E-state index in [0.717, 1.165) is 82.3 Å². The summed E-state index contributed by atoms with van der Waals surface area (Å²) in [5.74, 6) is 1.03. The zero-order valence-corrected chi connectivity index (χ0v) is 58.4. The van der Waals surface area contributed by atoms with Gasteiger partial charge in [-0.2, -0.15) is 0 Å². The number of rotatable bonds is 19. The average Bonchev–Trinajstić information content (AvgIpc) is 1.56. The monoisotopic (exact) mass is 1350 g/mol. The van der Waals surface area contributed by atoms with E-state index in [0.29, 0.717) is 60.7 Å². The van der Waals surface area contributed by atoms with Crippen molar-refractivity contribution in [1.29, 1.82) is 0 Å². The predicted molar refractivity (Wildman–Crippen MR) is 351 cm³/mol. The molecule has 20 nitrogen and oxygen atoms in total. The minimum Gasteiger partial charge on any atom is -0.459 e. The first-order valence-corrected chi connectivity index (χ1v) is 35.7. The Morgan fingerprint density at radius 2 is 1.57 bits per heavy atom. The van der Waals surface area contributed by atoms with Crippen molar-refractivity contribution in [3.05, 3.63) is 85.1 Å². The molecule has 6 aliphatic carbocycles. The molecule has 5 fully saturated rings. The minimum absolute atomic E-state index is 0.0234. The summed E-state index contributed by atoms with van der Waals surface area (Å²) < 4.78 is 56.4. The van der Waals surface area contributed by atoms with E-state index in [1.54, 1.807) is 64.5 Å². The molecule has 2 aromatic heterocycles. The molecule has 10 rings (SSSR count). The third-order valence-corrected chi connectivity index (χ3v) is 23.9. The highest BCUT2D eigenvalue weighted by molar-refractivity contribution is 8.07. The number of carbonyl (C=O) groups is 5. The van der Waals surface area contributed by atoms with Gasteiger partial charge in [0.1, 0.15) is 33.7 Å². The molecule has 0 radical (unpaired) electrons. The number of allylic oxidation sites excluding steroid dienone is 2. The molecule has 3 aromatic rings. The molecule has 510 valence electrons. The maximum absolute atomic E-state index is 13.3. The van der Waals surface area contributed by atoms with Crippen LogP contribution in [0.25, 0.3) is 17.0 Å². The molecule has 0 bridgehead atoms. The first-order chi connectivity index (χ1) is 43.8. The first kappa shape index (κ1) is 73.1. The van der Waals surface area contributed by atoms with Gasteiger partial charge in [-0.1, -0.05) is 87.7 Å². The number of nitrogens with zero attached hydrogens (tertiary/aromatic N) is 1. The Bertz CT molecular complexity index is 3570. The molecule has 1 aromatic carbocycles. The number of aromatic nitrogens is 1. The topological polar surface area (TPSA) is 276 Å². The Kier molecular flexibility index (Phi) is 22.8. The van der Waals surface area contributed by atoms with Gasteiger partial charge in [0.05, 0.1) is 25.3 Å². The van der Waals surface area contributed by atoms with Crippen molar-refractivity contribution in [2.24, 2.45) is 34.5 Å². The molecule has 4 saturated carbocycles. The van der Waals surface area contributed by atoms with Crippen molar-refractivity contribution in [2.75, 3.05) is 13.2 Å². The highest BCUT2D eigenvalue weighted by Crippen LogP contribution is 2.68. The van der Waals surface area contributed by atoms with Crippen molar-refractivity contribution in [1.82, 2.24) is 5.16 Å². The van der Waals surface area contributed by atoms with Crippen molar-refractivity contribution in [3.63, 3.8) is 0 Å². The quantitative estimate of drug-likeness (QED) is 0.0147. The van der Waals surface area contributed by atoms with Crippen LogP contribution in [0.2, 0.25) is 5.02 Å². The molecule has 0 amide bonds. The third kappa shape index (κ3) is 14.0. The van der Waals surface area contributed by atoms with Crippen LogP contribution in [0.1, 0.15) is 196 Å². The highest BCUT2D eigenvalue weighted by atomic mass is 35.5. The zero-order chi connectivity index (χ0) is 68.4. The highest BCUT2D eigenvalue weighted by Gasteiger charge is 2.76. The van der Waals surface area contributed by atoms with Crippen LogP contribution in [-0.4, -0.2) is 110 Å². The van der Waals surface area contributed by atoms with E-state index in [4.69, 9.17) is 76.0 Å². The number of fused-ring (bicyclic) bond motifs is 10. The van der Waals surface area contributed by atoms with Crippen molar-refractivity contribution < 1.29 is 85.5 Å². The van der Waals surface area contributed by atoms with Crippen molar-refractivity contribution >= 4 is 77.0 Å². The smallest absolute Gasteiger partial charge is 0.380 e. The van der Waals surface area contributed by atoms with E-state index in [2.05, 4.69) is 37.9 Å². The standard InChI is InChI=1S/C34H50O12.C22H27NO2.C14H16ClO5PS/c1-9-12-13-14-15-17-24(37)43-28-26-25(20(5)27(28)44-30(38)19(4)11-3)29-34(41,33(8,40)31(39)45-29)22(42-23(36)16-10-2)18-32(26,7)46-21(6)35;1-4-22(24)10-8-18-16-6-5-15-11-19-14(13-23-25-19)12-20(15,2)17(16)7-9-21(18,22)3;1-4-17-21(22,18-5-2)20-10-6-7-11-9(3)13(15)14(16)19-12(11)8-10/h11,22,26-29,40-41H,9-10,12-18H2,1-8H3;1,11,13,16-18,24H,5-10,12H2,2-3H3;6-8H,4-5H2,1-3H3/b19-11-;;/t22-,26+,27-,28-,29-,32-,33+,34+;16-,17+,18+,20+,21+,22+;/m01./s1. The number of benzene rings is 1. The molecule has 3 N–H and O–H groups in total. The zero-order valence-electron chi connectivity index (χ0n) is 55.9. The van der Waals surface area contributed by atoms with Crippen LogP contribution in [0.5, 0.6) is 5.75 Å². The molecule has 3 heterocycles. The number of unbranched alkanes of at least 4 members (excludes halogenated alkanes) is 4. The van der Waals surface area contributed by atoms with Gasteiger partial charge in [0.25, 0.3) is 0 Å². The largest absolute Gasteiger partial charge is 0.459 e. The van der Waals surface area contributed by atoms with Gasteiger partial charge >= 0.3 is 42.2 Å². The number of halogens is 1. The minimum atomic E-state index is -2.87. The summed E-state index contributed by atoms with van der Waals surface area (Å²) in [5.41, 5.74) is -3.68. The normalized spacial score (nSPS) is 32.4. The van der Waals surface area contributed by atoms with Crippen LogP contribution in [-0.2, 0) is 74.9 Å². The van der Waals surface area contributed by atoms with E-state index in [1.165, 1.54) is 25.8 Å². The second-order valence-corrected chi connectivity index (χ2v) is 30.1. The fourth-order valence-electron chi connectivity index (χ4n) is 15.9. The number of aliphatic hydroxyl groups is 3. The lowest BCUT2D eigenvalue weighted by molar-refractivity contribution is -0.212. The number of carbonyl (C=O) groups excluding carboxylic acids is 5. The van der Waals surface area contributed by atoms with Crippen LogP contribution in [0, 0.1) is 53.8 Å². The Morgan fingerprint density at radius 1 is 0.892 bits per heavy atom. The number of aryl methyl sites for hydroxylation is 1. The van der Waals surface area contributed by atoms with Crippen LogP contribution in [0.3, 0.4) is 0 Å². The number of ether oxygens (including phenoxy) is 5. The van der Waals surface area contributed by atoms with Gasteiger partial charge in [0.2, 0.25) is 0 Å². The van der Waals surface area contributed by atoms with E-state index in [9.17, 15) is 44.1 Å². The first-order valence-electron chi connectivity index (χ1n) is 32.8. The second kappa shape index (κ2) is 28.9. The maximum Gasteiger partial charge on any atom is 0.380 e. The SMILES string of the molecule is C#C[C@]1(O)CC[C@H]2[C@@H]3CCC4=Cc5oncc5C[C@]4(C)[C@H]3CC[C@@]21C.C/C=C(/C)C(=O)O[C@H]1C(C)=C2[C@H]([C@@H]1OC(=O)CCCCCCC)[C@@](C)(OC(C)=O)C[C@H](OC(=O)CCC)[C@@]1(O)[C@H]2OC(=O)[C@@]1(C)O.CCOP(=S)(OCC)Oc1ccc2c(C)c(Cl)c(=O)oc2c1. The maximum atomic E-state index is 13.3.